The van der Waals surface area contributed by atoms with Crippen LogP contribution in [-0.2, 0) is 11.8 Å². The molecule has 4 heterocycles. The minimum atomic E-state index is -4.18. The summed E-state index contributed by atoms with van der Waals surface area (Å²) < 4.78 is 46.9. The van der Waals surface area contributed by atoms with Gasteiger partial charge in [-0.15, -0.1) is 0 Å². The summed E-state index contributed by atoms with van der Waals surface area (Å²) in [5.74, 6) is -1.14. The third kappa shape index (κ3) is 3.78. The molecule has 32 heavy (non-hydrogen) atoms. The van der Waals surface area contributed by atoms with Gasteiger partial charge in [-0.05, 0) is 26.7 Å². The van der Waals surface area contributed by atoms with Crippen LogP contribution in [0.2, 0.25) is 0 Å². The molecule has 8 nitrogen and oxygen atoms in total. The number of alkyl halides is 3. The predicted octanol–water partition coefficient (Wildman–Crippen LogP) is 3.40. The summed E-state index contributed by atoms with van der Waals surface area (Å²) in [6.45, 7) is 5.26. The molecule has 170 valence electrons. The van der Waals surface area contributed by atoms with Crippen molar-refractivity contribution in [2.75, 3.05) is 24.6 Å². The normalized spacial score (nSPS) is 24.1. The number of hydrogen-bond donors (Lipinski definition) is 0. The molecule has 1 saturated carbocycles. The number of rotatable bonds is 3. The molecule has 0 aromatic carbocycles. The Morgan fingerprint density at radius 1 is 1.06 bits per heavy atom. The SMILES string of the molecule is Cc1nc2nc(N3CCO[C@@H](c4cnn(C)c4)C3)nc([C@H]3C[C@@H](C(F)(F)F)C3)c2nc1C. The molecule has 0 unspecified atom stereocenters. The first-order valence-corrected chi connectivity index (χ1v) is 10.6. The number of morpholine rings is 1. The average Bonchev–Trinajstić information content (AvgIpc) is 3.13. The molecule has 0 amide bonds. The maximum atomic E-state index is 13.1. The first-order chi connectivity index (χ1) is 15.2. The standard InChI is InChI=1S/C21H24F3N7O/c1-11-12(2)27-19-18(26-11)17(13-6-15(7-13)21(22,23)24)28-20(29-19)31-4-5-32-16(10-31)14-8-25-30(3)9-14/h8-9,13,15-16H,4-7,10H2,1-3H3/t13-,15+,16-/m1/s1. The van der Waals surface area contributed by atoms with E-state index in [1.807, 2.05) is 32.0 Å². The van der Waals surface area contributed by atoms with Gasteiger partial charge in [-0.25, -0.2) is 15.0 Å². The summed E-state index contributed by atoms with van der Waals surface area (Å²) in [5, 5.41) is 4.21. The van der Waals surface area contributed by atoms with Gasteiger partial charge >= 0.3 is 6.18 Å². The van der Waals surface area contributed by atoms with Crippen LogP contribution in [0.25, 0.3) is 11.2 Å². The maximum Gasteiger partial charge on any atom is 0.391 e. The van der Waals surface area contributed by atoms with Crippen LogP contribution in [0.5, 0.6) is 0 Å². The third-order valence-electron chi connectivity index (χ3n) is 6.39. The zero-order valence-electron chi connectivity index (χ0n) is 18.1. The van der Waals surface area contributed by atoms with Crippen LogP contribution >= 0.6 is 0 Å². The maximum absolute atomic E-state index is 13.1. The molecule has 11 heteroatoms. The van der Waals surface area contributed by atoms with Gasteiger partial charge in [-0.2, -0.15) is 23.3 Å². The molecule has 2 aliphatic rings. The lowest BCUT2D eigenvalue weighted by atomic mass is 9.72. The number of anilines is 1. The van der Waals surface area contributed by atoms with Gasteiger partial charge in [0.05, 0.1) is 42.3 Å². The van der Waals surface area contributed by atoms with Crippen LogP contribution in [-0.4, -0.2) is 55.6 Å². The minimum Gasteiger partial charge on any atom is -0.370 e. The van der Waals surface area contributed by atoms with E-state index in [4.69, 9.17) is 9.72 Å². The second kappa shape index (κ2) is 7.65. The Bertz CT molecular complexity index is 1160. The Balaban J connectivity index is 1.50. The predicted molar refractivity (Wildman–Crippen MR) is 110 cm³/mol. The quantitative estimate of drug-likeness (QED) is 0.609. The lowest BCUT2D eigenvalue weighted by Crippen LogP contribution is -2.40. The van der Waals surface area contributed by atoms with Crippen LogP contribution in [0.4, 0.5) is 19.1 Å². The van der Waals surface area contributed by atoms with Crippen molar-refractivity contribution < 1.29 is 17.9 Å². The van der Waals surface area contributed by atoms with Gasteiger partial charge in [-0.1, -0.05) is 0 Å². The molecule has 3 aromatic heterocycles. The molecule has 5 rings (SSSR count). The lowest BCUT2D eigenvalue weighted by molar-refractivity contribution is -0.197. The molecular weight excluding hydrogens is 423 g/mol. The highest BCUT2D eigenvalue weighted by molar-refractivity contribution is 5.75. The van der Waals surface area contributed by atoms with Crippen LogP contribution in [0, 0.1) is 19.8 Å². The number of hydrogen-bond acceptors (Lipinski definition) is 7. The Kier molecular flexibility index (Phi) is 5.03. The molecule has 1 saturated heterocycles. The monoisotopic (exact) mass is 447 g/mol. The molecule has 1 atom stereocenters. The third-order valence-corrected chi connectivity index (χ3v) is 6.39. The molecule has 0 bridgehead atoms. The highest BCUT2D eigenvalue weighted by Gasteiger charge is 2.49. The van der Waals surface area contributed by atoms with Gasteiger partial charge in [0.2, 0.25) is 5.95 Å². The Labute approximate surface area is 182 Å². The zero-order chi connectivity index (χ0) is 22.6. The second-order valence-electron chi connectivity index (χ2n) is 8.64. The minimum absolute atomic E-state index is 0.0189. The topological polar surface area (TPSA) is 81.9 Å². The van der Waals surface area contributed by atoms with Crippen molar-refractivity contribution in [3.05, 3.63) is 35.0 Å². The van der Waals surface area contributed by atoms with Crippen molar-refractivity contribution in [3.63, 3.8) is 0 Å². The Hall–Kier alpha value is -2.82. The average molecular weight is 447 g/mol. The van der Waals surface area contributed by atoms with Gasteiger partial charge in [0.25, 0.3) is 0 Å². The van der Waals surface area contributed by atoms with E-state index < -0.39 is 12.1 Å². The van der Waals surface area contributed by atoms with E-state index in [0.717, 1.165) is 17.0 Å². The van der Waals surface area contributed by atoms with Crippen molar-refractivity contribution in [1.29, 1.82) is 0 Å². The van der Waals surface area contributed by atoms with Crippen molar-refractivity contribution in [2.24, 2.45) is 13.0 Å². The largest absolute Gasteiger partial charge is 0.391 e. The summed E-state index contributed by atoms with van der Waals surface area (Å²) >= 11 is 0. The van der Waals surface area contributed by atoms with Crippen molar-refractivity contribution >= 4 is 17.1 Å². The van der Waals surface area contributed by atoms with E-state index >= 15 is 0 Å². The molecule has 0 radical (unpaired) electrons. The lowest BCUT2D eigenvalue weighted by Gasteiger charge is -2.37. The van der Waals surface area contributed by atoms with Gasteiger partial charge < -0.3 is 9.64 Å². The van der Waals surface area contributed by atoms with Crippen LogP contribution in [0.15, 0.2) is 12.4 Å². The number of fused-ring (bicyclic) bond motifs is 1. The van der Waals surface area contributed by atoms with Gasteiger partial charge in [-0.3, -0.25) is 4.68 Å². The summed E-state index contributed by atoms with van der Waals surface area (Å²) in [4.78, 5) is 20.5. The van der Waals surface area contributed by atoms with E-state index in [9.17, 15) is 13.2 Å². The molecular formula is C21H24F3N7O. The second-order valence-corrected chi connectivity index (χ2v) is 8.64. The van der Waals surface area contributed by atoms with Crippen LogP contribution in [0.1, 0.15) is 47.5 Å². The fourth-order valence-electron chi connectivity index (χ4n) is 4.29. The number of halogens is 3. The molecule has 0 spiro atoms. The summed E-state index contributed by atoms with van der Waals surface area (Å²) in [6.07, 6.45) is -0.657. The zero-order valence-corrected chi connectivity index (χ0v) is 18.1. The van der Waals surface area contributed by atoms with E-state index in [1.54, 1.807) is 10.9 Å². The Morgan fingerprint density at radius 2 is 1.81 bits per heavy atom. The summed E-state index contributed by atoms with van der Waals surface area (Å²) in [6, 6.07) is 0. The highest BCUT2D eigenvalue weighted by Crippen LogP contribution is 2.50. The molecule has 2 fully saturated rings. The molecule has 1 aliphatic heterocycles. The van der Waals surface area contributed by atoms with Gasteiger partial charge in [0, 0.05) is 31.3 Å². The number of aryl methyl sites for hydroxylation is 3. The molecule has 1 aliphatic carbocycles. The van der Waals surface area contributed by atoms with Crippen LogP contribution in [0.3, 0.4) is 0 Å². The van der Waals surface area contributed by atoms with Crippen molar-refractivity contribution in [3.8, 4) is 0 Å². The van der Waals surface area contributed by atoms with Gasteiger partial charge in [0.15, 0.2) is 5.65 Å². The number of nitrogens with zero attached hydrogens (tertiary/aromatic N) is 7. The van der Waals surface area contributed by atoms with Crippen molar-refractivity contribution in [1.82, 2.24) is 29.7 Å². The highest BCUT2D eigenvalue weighted by atomic mass is 19.4. The first kappa shape index (κ1) is 21.0. The first-order valence-electron chi connectivity index (χ1n) is 10.6. The van der Waals surface area contributed by atoms with Gasteiger partial charge in [0.1, 0.15) is 11.6 Å². The van der Waals surface area contributed by atoms with E-state index in [0.29, 0.717) is 42.5 Å². The Morgan fingerprint density at radius 3 is 2.50 bits per heavy atom. The van der Waals surface area contributed by atoms with E-state index in [1.165, 1.54) is 0 Å². The smallest absolute Gasteiger partial charge is 0.370 e. The van der Waals surface area contributed by atoms with E-state index in [-0.39, 0.29) is 24.9 Å². The number of aromatic nitrogens is 6. The molecule has 0 N–H and O–H groups in total. The fourth-order valence-corrected chi connectivity index (χ4v) is 4.29. The molecule has 3 aromatic rings. The number of ether oxygens (including phenoxy) is 1. The fraction of sp³-hybridized carbons (Fsp3) is 0.571. The van der Waals surface area contributed by atoms with Crippen LogP contribution < -0.4 is 4.90 Å². The van der Waals surface area contributed by atoms with Crippen molar-refractivity contribution in [2.45, 2.75) is 44.9 Å². The summed E-state index contributed by atoms with van der Waals surface area (Å²) in [5.41, 5.74) is 3.91. The summed E-state index contributed by atoms with van der Waals surface area (Å²) in [7, 11) is 1.85. The van der Waals surface area contributed by atoms with E-state index in [2.05, 4.69) is 20.1 Å².